The van der Waals surface area contributed by atoms with E-state index >= 15 is 0 Å². The number of hydrogen-bond acceptors (Lipinski definition) is 4. The Hall–Kier alpha value is -0.160. The molecule has 2 aliphatic rings. The Kier molecular flexibility index (Phi) is 6.28. The van der Waals surface area contributed by atoms with Crippen LogP contribution in [0.4, 0.5) is 0 Å². The average molecular weight is 228 g/mol. The molecule has 2 aliphatic carbocycles. The first kappa shape index (κ1) is 13.9. The molecule has 2 atom stereocenters. The zero-order valence-corrected chi connectivity index (χ0v) is 10.3. The Balaban J connectivity index is 0.000000160. The van der Waals surface area contributed by atoms with Gasteiger partial charge in [-0.05, 0) is 44.9 Å². The quantitative estimate of drug-likeness (QED) is 0.482. The van der Waals surface area contributed by atoms with Gasteiger partial charge in [-0.15, -0.1) is 0 Å². The van der Waals surface area contributed by atoms with Crippen LogP contribution in [-0.2, 0) is 0 Å². The van der Waals surface area contributed by atoms with Gasteiger partial charge in [-0.3, -0.25) is 0 Å². The maximum atomic E-state index is 5.65. The fourth-order valence-electron chi connectivity index (χ4n) is 2.41. The second-order valence-electron chi connectivity index (χ2n) is 5.36. The van der Waals surface area contributed by atoms with Crippen LogP contribution in [0.15, 0.2) is 0 Å². The molecule has 2 rings (SSSR count). The first-order chi connectivity index (χ1) is 7.58. The van der Waals surface area contributed by atoms with Gasteiger partial charge in [0.1, 0.15) is 0 Å². The Morgan fingerprint density at radius 1 is 0.500 bits per heavy atom. The molecule has 0 spiro atoms. The third-order valence-electron chi connectivity index (χ3n) is 3.57. The Morgan fingerprint density at radius 2 is 0.875 bits per heavy atom. The zero-order chi connectivity index (χ0) is 12.0. The smallest absolute Gasteiger partial charge is 0.00535 e. The van der Waals surface area contributed by atoms with E-state index in [1.54, 1.807) is 0 Å². The minimum absolute atomic E-state index is 0.388. The average Bonchev–Trinajstić information content (AvgIpc) is 2.23. The fourth-order valence-corrected chi connectivity index (χ4v) is 2.41. The second-order valence-corrected chi connectivity index (χ2v) is 5.36. The normalized spacial score (nSPS) is 39.8. The lowest BCUT2D eigenvalue weighted by Crippen LogP contribution is -2.35. The standard InChI is InChI=1S/2C6H14N2/c7-5-1-2-6(8)4-3-5;7-5-2-1-3-6(8)4-5/h2*5-6H,1-4,7-8H2. The molecule has 0 saturated heterocycles. The maximum Gasteiger partial charge on any atom is 0.00535 e. The van der Waals surface area contributed by atoms with Crippen LogP contribution in [0.2, 0.25) is 0 Å². The van der Waals surface area contributed by atoms with Crippen molar-refractivity contribution in [1.82, 2.24) is 0 Å². The van der Waals surface area contributed by atoms with Crippen molar-refractivity contribution in [3.63, 3.8) is 0 Å². The molecule has 0 radical (unpaired) electrons. The van der Waals surface area contributed by atoms with Crippen LogP contribution in [-0.4, -0.2) is 24.2 Å². The largest absolute Gasteiger partial charge is 0.328 e. The second kappa shape index (κ2) is 7.22. The van der Waals surface area contributed by atoms with E-state index in [9.17, 15) is 0 Å². The summed E-state index contributed by atoms with van der Waals surface area (Å²) in [5.41, 5.74) is 22.6. The van der Waals surface area contributed by atoms with Gasteiger partial charge in [0.15, 0.2) is 0 Å². The Morgan fingerprint density at radius 3 is 1.12 bits per heavy atom. The highest BCUT2D eigenvalue weighted by Crippen LogP contribution is 2.14. The molecule has 8 N–H and O–H groups in total. The van der Waals surface area contributed by atoms with Gasteiger partial charge in [-0.25, -0.2) is 0 Å². The predicted molar refractivity (Wildman–Crippen MR) is 68.8 cm³/mol. The van der Waals surface area contributed by atoms with Crippen LogP contribution >= 0.6 is 0 Å². The molecule has 16 heavy (non-hydrogen) atoms. The predicted octanol–water partition coefficient (Wildman–Crippen LogP) is 0.430. The van der Waals surface area contributed by atoms with Gasteiger partial charge in [-0.1, -0.05) is 6.42 Å². The van der Waals surface area contributed by atoms with Crippen molar-refractivity contribution in [3.05, 3.63) is 0 Å². The number of nitrogens with two attached hydrogens (primary N) is 4. The molecule has 4 heteroatoms. The molecule has 0 heterocycles. The summed E-state index contributed by atoms with van der Waals surface area (Å²) >= 11 is 0. The summed E-state index contributed by atoms with van der Waals surface area (Å²) in [7, 11) is 0. The summed E-state index contributed by atoms with van der Waals surface area (Å²) in [4.78, 5) is 0. The molecule has 0 aromatic carbocycles. The SMILES string of the molecule is NC1CCC(N)CC1.NC1CCCC(N)C1. The molecule has 0 aliphatic heterocycles. The highest BCUT2D eigenvalue weighted by atomic mass is 14.7. The van der Waals surface area contributed by atoms with Crippen molar-refractivity contribution >= 4 is 0 Å². The van der Waals surface area contributed by atoms with Crippen LogP contribution in [0.5, 0.6) is 0 Å². The Labute approximate surface area is 99.1 Å². The number of hydrogen-bond donors (Lipinski definition) is 4. The van der Waals surface area contributed by atoms with Crippen LogP contribution in [0.25, 0.3) is 0 Å². The molecule has 96 valence electrons. The molecule has 0 bridgehead atoms. The van der Waals surface area contributed by atoms with Crippen LogP contribution < -0.4 is 22.9 Å². The van der Waals surface area contributed by atoms with Crippen LogP contribution in [0.3, 0.4) is 0 Å². The number of rotatable bonds is 0. The summed E-state index contributed by atoms with van der Waals surface area (Å²) in [6, 6.07) is 1.65. The van der Waals surface area contributed by atoms with Crippen molar-refractivity contribution in [2.24, 2.45) is 22.9 Å². The maximum absolute atomic E-state index is 5.65. The van der Waals surface area contributed by atoms with E-state index in [4.69, 9.17) is 22.9 Å². The molecule has 4 nitrogen and oxygen atoms in total. The molecule has 0 amide bonds. The first-order valence-electron chi connectivity index (χ1n) is 6.60. The van der Waals surface area contributed by atoms with E-state index < -0.39 is 0 Å². The fraction of sp³-hybridized carbons (Fsp3) is 1.00. The summed E-state index contributed by atoms with van der Waals surface area (Å²) in [6.07, 6.45) is 9.11. The van der Waals surface area contributed by atoms with Crippen molar-refractivity contribution in [2.75, 3.05) is 0 Å². The lowest BCUT2D eigenvalue weighted by Gasteiger charge is -2.22. The summed E-state index contributed by atoms with van der Waals surface area (Å²) in [6.45, 7) is 0. The lowest BCUT2D eigenvalue weighted by molar-refractivity contribution is 0.392. The van der Waals surface area contributed by atoms with Gasteiger partial charge < -0.3 is 22.9 Å². The molecule has 2 saturated carbocycles. The minimum atomic E-state index is 0.388. The topological polar surface area (TPSA) is 104 Å². The first-order valence-corrected chi connectivity index (χ1v) is 6.60. The molecule has 0 aromatic rings. The molecule has 2 unspecified atom stereocenters. The van der Waals surface area contributed by atoms with Crippen molar-refractivity contribution in [2.45, 2.75) is 75.5 Å². The highest BCUT2D eigenvalue weighted by molar-refractivity contribution is 4.76. The summed E-state index contributed by atoms with van der Waals surface area (Å²) in [5, 5.41) is 0. The van der Waals surface area contributed by atoms with E-state index in [0.717, 1.165) is 32.1 Å². The summed E-state index contributed by atoms with van der Waals surface area (Å²) in [5.74, 6) is 0. The van der Waals surface area contributed by atoms with Gasteiger partial charge in [0.2, 0.25) is 0 Å². The third-order valence-corrected chi connectivity index (χ3v) is 3.57. The minimum Gasteiger partial charge on any atom is -0.328 e. The van der Waals surface area contributed by atoms with Crippen molar-refractivity contribution in [1.29, 1.82) is 0 Å². The Bertz CT molecular complexity index is 160. The van der Waals surface area contributed by atoms with E-state index in [2.05, 4.69) is 0 Å². The van der Waals surface area contributed by atoms with Gasteiger partial charge in [0, 0.05) is 24.2 Å². The summed E-state index contributed by atoms with van der Waals surface area (Å²) < 4.78 is 0. The highest BCUT2D eigenvalue weighted by Gasteiger charge is 2.14. The van der Waals surface area contributed by atoms with Crippen LogP contribution in [0.1, 0.15) is 51.4 Å². The van der Waals surface area contributed by atoms with Gasteiger partial charge in [-0.2, -0.15) is 0 Å². The third kappa shape index (κ3) is 5.80. The molecular formula is C12H28N4. The molecular weight excluding hydrogens is 200 g/mol. The van der Waals surface area contributed by atoms with Crippen LogP contribution in [0, 0.1) is 0 Å². The van der Waals surface area contributed by atoms with Gasteiger partial charge in [0.25, 0.3) is 0 Å². The van der Waals surface area contributed by atoms with E-state index in [0.29, 0.717) is 24.2 Å². The van der Waals surface area contributed by atoms with E-state index in [-0.39, 0.29) is 0 Å². The van der Waals surface area contributed by atoms with E-state index in [1.165, 1.54) is 19.3 Å². The zero-order valence-electron chi connectivity index (χ0n) is 10.3. The van der Waals surface area contributed by atoms with Crippen molar-refractivity contribution in [3.8, 4) is 0 Å². The molecule has 2 fully saturated rings. The monoisotopic (exact) mass is 228 g/mol. The van der Waals surface area contributed by atoms with Gasteiger partial charge in [0.05, 0.1) is 0 Å². The lowest BCUT2D eigenvalue weighted by atomic mass is 9.92. The van der Waals surface area contributed by atoms with E-state index in [1.807, 2.05) is 0 Å². The molecule has 0 aromatic heterocycles. The van der Waals surface area contributed by atoms with Gasteiger partial charge >= 0.3 is 0 Å². The van der Waals surface area contributed by atoms with Crippen molar-refractivity contribution < 1.29 is 0 Å².